The minimum absolute atomic E-state index is 0.567. The van der Waals surface area contributed by atoms with Gasteiger partial charge in [-0.15, -0.1) is 0 Å². The summed E-state index contributed by atoms with van der Waals surface area (Å²) in [5, 5.41) is 4.62. The first-order valence-corrected chi connectivity index (χ1v) is 18.9. The van der Waals surface area contributed by atoms with Crippen molar-refractivity contribution in [3.63, 3.8) is 0 Å². The van der Waals surface area contributed by atoms with E-state index in [1.807, 2.05) is 24.3 Å². The second-order valence-corrected chi connectivity index (χ2v) is 14.0. The van der Waals surface area contributed by atoms with Crippen LogP contribution in [0.3, 0.4) is 0 Å². The molecule has 0 N–H and O–H groups in total. The van der Waals surface area contributed by atoms with Crippen LogP contribution in [0.25, 0.3) is 100 Å². The molecule has 0 aliphatic rings. The maximum atomic E-state index is 5.31. The molecule has 0 saturated carbocycles. The van der Waals surface area contributed by atoms with Gasteiger partial charge in [-0.3, -0.25) is 4.57 Å². The Morgan fingerprint density at radius 1 is 0.321 bits per heavy atom. The largest absolute Gasteiger partial charge is 0.309 e. The van der Waals surface area contributed by atoms with Crippen LogP contribution < -0.4 is 0 Å². The Kier molecular flexibility index (Phi) is 7.42. The highest BCUT2D eigenvalue weighted by atomic mass is 15.2. The molecule has 8 aromatic carbocycles. The molecule has 0 atom stereocenters. The zero-order valence-electron chi connectivity index (χ0n) is 30.3. The number of benzene rings is 8. The Morgan fingerprint density at radius 2 is 0.786 bits per heavy atom. The average Bonchev–Trinajstić information content (AvgIpc) is 3.79. The van der Waals surface area contributed by atoms with Crippen LogP contribution in [-0.4, -0.2) is 24.1 Å². The molecule has 0 aliphatic carbocycles. The summed E-state index contributed by atoms with van der Waals surface area (Å²) in [5.41, 5.74) is 12.0. The van der Waals surface area contributed by atoms with Crippen molar-refractivity contribution in [2.24, 2.45) is 0 Å². The molecule has 3 heterocycles. The van der Waals surface area contributed by atoms with E-state index in [0.717, 1.165) is 60.6 Å². The van der Waals surface area contributed by atoms with Crippen LogP contribution in [0.1, 0.15) is 0 Å². The van der Waals surface area contributed by atoms with Crippen molar-refractivity contribution in [2.45, 2.75) is 0 Å². The monoisotopic (exact) mass is 715 g/mol. The first-order valence-electron chi connectivity index (χ1n) is 18.9. The van der Waals surface area contributed by atoms with Crippen LogP contribution in [0.2, 0.25) is 0 Å². The van der Waals surface area contributed by atoms with Crippen LogP contribution in [0.5, 0.6) is 0 Å². The second-order valence-electron chi connectivity index (χ2n) is 14.0. The molecule has 3 aromatic heterocycles. The summed E-state index contributed by atoms with van der Waals surface area (Å²) in [6.07, 6.45) is 0. The van der Waals surface area contributed by atoms with Gasteiger partial charge in [0.15, 0.2) is 11.6 Å². The standard InChI is InChI=1S/C51H33N5/c1-5-17-34(18-6-1)35-29-31-38(32-30-35)50-52-49(37-21-9-3-10-22-37)53-51(54-50)56-44-28-16-14-26-41(44)47-45(56)33-42-40-25-13-15-27-43(40)55(39-23-11-4-12-24-39)48(42)46(47)36-19-7-2-8-20-36/h1-33H. The maximum absolute atomic E-state index is 5.31. The van der Waals surface area contributed by atoms with Crippen molar-refractivity contribution < 1.29 is 0 Å². The van der Waals surface area contributed by atoms with Gasteiger partial charge in [-0.05, 0) is 47.0 Å². The molecular formula is C51H33N5. The summed E-state index contributed by atoms with van der Waals surface area (Å²) in [6, 6.07) is 70.3. The maximum Gasteiger partial charge on any atom is 0.238 e. The van der Waals surface area contributed by atoms with Gasteiger partial charge >= 0.3 is 0 Å². The minimum atomic E-state index is 0.567. The first-order chi connectivity index (χ1) is 27.8. The first kappa shape index (κ1) is 31.9. The number of hydrogen-bond donors (Lipinski definition) is 0. The minimum Gasteiger partial charge on any atom is -0.309 e. The second kappa shape index (κ2) is 13.0. The summed E-state index contributed by atoms with van der Waals surface area (Å²) >= 11 is 0. The third-order valence-electron chi connectivity index (χ3n) is 10.8. The number of nitrogens with zero attached hydrogens (tertiary/aromatic N) is 5. The lowest BCUT2D eigenvalue weighted by Gasteiger charge is -2.14. The normalized spacial score (nSPS) is 11.6. The summed E-state index contributed by atoms with van der Waals surface area (Å²) in [7, 11) is 0. The van der Waals surface area contributed by atoms with E-state index in [-0.39, 0.29) is 0 Å². The van der Waals surface area contributed by atoms with E-state index in [4.69, 9.17) is 15.0 Å². The average molecular weight is 716 g/mol. The van der Waals surface area contributed by atoms with Crippen molar-refractivity contribution in [3.05, 3.63) is 200 Å². The molecule has 0 radical (unpaired) electrons. The molecule has 0 fully saturated rings. The Labute approximate surface area is 323 Å². The topological polar surface area (TPSA) is 48.5 Å². The Balaban J connectivity index is 1.25. The van der Waals surface area contributed by atoms with E-state index < -0.39 is 0 Å². The SMILES string of the molecule is c1ccc(-c2ccc(-c3nc(-c4ccccc4)nc(-n4c5ccccc5c5c(-c6ccccc6)c6c(cc54)c4ccccc4n6-c4ccccc4)n3)cc2)cc1. The predicted molar refractivity (Wildman–Crippen MR) is 230 cm³/mol. The van der Waals surface area contributed by atoms with Gasteiger partial charge in [0.05, 0.1) is 22.1 Å². The van der Waals surface area contributed by atoms with Crippen molar-refractivity contribution >= 4 is 43.6 Å². The number of fused-ring (bicyclic) bond motifs is 6. The van der Waals surface area contributed by atoms with Crippen LogP contribution in [-0.2, 0) is 0 Å². The van der Waals surface area contributed by atoms with Crippen LogP contribution in [0.4, 0.5) is 0 Å². The summed E-state index contributed by atoms with van der Waals surface area (Å²) in [6.45, 7) is 0. The summed E-state index contributed by atoms with van der Waals surface area (Å²) < 4.78 is 4.66. The van der Waals surface area contributed by atoms with E-state index in [2.05, 4.69) is 185 Å². The zero-order chi connectivity index (χ0) is 37.0. The van der Waals surface area contributed by atoms with E-state index in [1.165, 1.54) is 22.0 Å². The van der Waals surface area contributed by atoms with Gasteiger partial charge in [0, 0.05) is 43.9 Å². The predicted octanol–water partition coefficient (Wildman–Crippen LogP) is 12.7. The van der Waals surface area contributed by atoms with Crippen molar-refractivity contribution in [3.8, 4) is 56.7 Å². The van der Waals surface area contributed by atoms with Gasteiger partial charge in [0.25, 0.3) is 0 Å². The molecule has 11 aromatic rings. The van der Waals surface area contributed by atoms with Crippen LogP contribution >= 0.6 is 0 Å². The van der Waals surface area contributed by atoms with Gasteiger partial charge in [0.2, 0.25) is 5.95 Å². The third kappa shape index (κ3) is 5.13. The number of rotatable bonds is 6. The smallest absolute Gasteiger partial charge is 0.238 e. The van der Waals surface area contributed by atoms with E-state index in [1.54, 1.807) is 0 Å². The molecule has 0 spiro atoms. The van der Waals surface area contributed by atoms with Gasteiger partial charge in [0.1, 0.15) is 0 Å². The molecule has 0 amide bonds. The molecule has 0 aliphatic heterocycles. The highest BCUT2D eigenvalue weighted by molar-refractivity contribution is 6.26. The van der Waals surface area contributed by atoms with Gasteiger partial charge in [-0.1, -0.05) is 170 Å². The van der Waals surface area contributed by atoms with Crippen LogP contribution in [0, 0.1) is 0 Å². The quantitative estimate of drug-likeness (QED) is 0.172. The third-order valence-corrected chi connectivity index (χ3v) is 10.8. The Morgan fingerprint density at radius 3 is 1.43 bits per heavy atom. The lowest BCUT2D eigenvalue weighted by molar-refractivity contribution is 0.954. The fourth-order valence-electron chi connectivity index (χ4n) is 8.27. The Hall–Kier alpha value is -7.63. The summed E-state index contributed by atoms with van der Waals surface area (Å²) in [4.78, 5) is 15.7. The number of para-hydroxylation sites is 3. The molecule has 262 valence electrons. The number of hydrogen-bond acceptors (Lipinski definition) is 3. The molecule has 56 heavy (non-hydrogen) atoms. The van der Waals surface area contributed by atoms with E-state index >= 15 is 0 Å². The Bertz CT molecular complexity index is 3200. The molecule has 5 nitrogen and oxygen atoms in total. The molecule has 0 bridgehead atoms. The van der Waals surface area contributed by atoms with Crippen molar-refractivity contribution in [1.29, 1.82) is 0 Å². The van der Waals surface area contributed by atoms with E-state index in [9.17, 15) is 0 Å². The number of aromatic nitrogens is 5. The molecule has 0 saturated heterocycles. The fraction of sp³-hybridized carbons (Fsp3) is 0. The molecule has 11 rings (SSSR count). The van der Waals surface area contributed by atoms with Crippen molar-refractivity contribution in [2.75, 3.05) is 0 Å². The lowest BCUT2D eigenvalue weighted by Crippen LogP contribution is -2.06. The fourth-order valence-corrected chi connectivity index (χ4v) is 8.27. The highest BCUT2D eigenvalue weighted by Crippen LogP contribution is 2.46. The van der Waals surface area contributed by atoms with Crippen molar-refractivity contribution in [1.82, 2.24) is 24.1 Å². The molecular weight excluding hydrogens is 683 g/mol. The van der Waals surface area contributed by atoms with Crippen LogP contribution in [0.15, 0.2) is 200 Å². The van der Waals surface area contributed by atoms with Gasteiger partial charge in [-0.2, -0.15) is 9.97 Å². The van der Waals surface area contributed by atoms with E-state index in [0.29, 0.717) is 17.6 Å². The van der Waals surface area contributed by atoms with Gasteiger partial charge in [-0.25, -0.2) is 4.98 Å². The lowest BCUT2D eigenvalue weighted by atomic mass is 9.96. The molecule has 0 unspecified atom stereocenters. The zero-order valence-corrected chi connectivity index (χ0v) is 30.3. The molecule has 5 heteroatoms. The highest BCUT2D eigenvalue weighted by Gasteiger charge is 2.25. The van der Waals surface area contributed by atoms with Gasteiger partial charge < -0.3 is 4.57 Å². The summed E-state index contributed by atoms with van der Waals surface area (Å²) in [5.74, 6) is 1.80.